The largest absolute Gasteiger partial charge is 0.458 e. The number of carbonyl (C=O) groups excluding carboxylic acids is 3. The van der Waals surface area contributed by atoms with E-state index in [0.717, 1.165) is 6.08 Å². The van der Waals surface area contributed by atoms with Crippen LogP contribution < -0.4 is 0 Å². The van der Waals surface area contributed by atoms with E-state index >= 15 is 0 Å². The molecule has 9 atom stereocenters. The number of Topliss-reactive ketones (excluding diaryl/α,β-unsaturated/α-hetero) is 1. The second-order valence-corrected chi connectivity index (χ2v) is 10.7. The molecular formula is C24H32O10. The van der Waals surface area contributed by atoms with Crippen molar-refractivity contribution in [3.8, 4) is 0 Å². The molecule has 4 aliphatic carbocycles. The van der Waals surface area contributed by atoms with Gasteiger partial charge in [0.05, 0.1) is 12.2 Å². The first-order valence-corrected chi connectivity index (χ1v) is 11.3. The van der Waals surface area contributed by atoms with Gasteiger partial charge in [0.15, 0.2) is 17.0 Å². The van der Waals surface area contributed by atoms with Crippen LogP contribution in [0.3, 0.4) is 0 Å². The summed E-state index contributed by atoms with van der Waals surface area (Å²) in [7, 11) is 0. The molecule has 0 radical (unpaired) electrons. The van der Waals surface area contributed by atoms with Crippen LogP contribution in [0.2, 0.25) is 0 Å². The molecule has 0 bridgehead atoms. The third kappa shape index (κ3) is 2.77. The van der Waals surface area contributed by atoms with E-state index in [1.54, 1.807) is 20.8 Å². The van der Waals surface area contributed by atoms with Gasteiger partial charge in [-0.25, -0.2) is 4.89 Å². The summed E-state index contributed by atoms with van der Waals surface area (Å²) in [6, 6.07) is 0. The van der Waals surface area contributed by atoms with Crippen molar-refractivity contribution in [2.24, 2.45) is 29.1 Å². The third-order valence-corrected chi connectivity index (χ3v) is 8.77. The Kier molecular flexibility index (Phi) is 5.47. The van der Waals surface area contributed by atoms with E-state index in [0.29, 0.717) is 0 Å². The minimum absolute atomic E-state index is 0.00457. The molecule has 2 saturated carbocycles. The van der Waals surface area contributed by atoms with E-state index in [1.807, 2.05) is 0 Å². The zero-order valence-corrected chi connectivity index (χ0v) is 20.1. The molecule has 4 rings (SSSR count). The minimum atomic E-state index is -2.22. The van der Waals surface area contributed by atoms with Crippen molar-refractivity contribution in [1.82, 2.24) is 0 Å². The van der Waals surface area contributed by atoms with E-state index in [1.165, 1.54) is 26.8 Å². The van der Waals surface area contributed by atoms with Gasteiger partial charge in [-0.05, 0) is 24.1 Å². The summed E-state index contributed by atoms with van der Waals surface area (Å²) in [5.41, 5.74) is -6.22. The van der Waals surface area contributed by atoms with Crippen molar-refractivity contribution in [1.29, 1.82) is 0 Å². The molecular weight excluding hydrogens is 448 g/mol. The summed E-state index contributed by atoms with van der Waals surface area (Å²) in [5.74, 6) is -5.92. The monoisotopic (exact) mass is 480 g/mol. The number of ether oxygens (including phenoxy) is 2. The molecule has 0 spiro atoms. The van der Waals surface area contributed by atoms with Crippen LogP contribution in [-0.2, 0) is 28.7 Å². The number of esters is 2. The molecule has 0 aromatic rings. The molecule has 10 heteroatoms. The number of aliphatic hydroxyl groups excluding tert-OH is 1. The molecule has 4 N–H and O–H groups in total. The fourth-order valence-electron chi connectivity index (χ4n) is 7.42. The Hall–Kier alpha value is -2.11. The lowest BCUT2D eigenvalue weighted by Crippen LogP contribution is -2.68. The Labute approximate surface area is 197 Å². The van der Waals surface area contributed by atoms with Crippen LogP contribution in [0, 0.1) is 29.1 Å². The van der Waals surface area contributed by atoms with Crippen molar-refractivity contribution in [3.63, 3.8) is 0 Å². The van der Waals surface area contributed by atoms with Crippen LogP contribution in [0.5, 0.6) is 0 Å². The maximum atomic E-state index is 13.1. The Balaban J connectivity index is 2.03. The summed E-state index contributed by atoms with van der Waals surface area (Å²) in [6.45, 7) is 8.42. The second kappa shape index (κ2) is 7.44. The molecule has 0 saturated heterocycles. The van der Waals surface area contributed by atoms with Gasteiger partial charge < -0.3 is 24.8 Å². The summed E-state index contributed by atoms with van der Waals surface area (Å²) < 4.78 is 11.5. The molecule has 188 valence electrons. The number of fused-ring (bicyclic) bond motifs is 5. The highest BCUT2D eigenvalue weighted by atomic mass is 17.1. The lowest BCUT2D eigenvalue weighted by Gasteiger charge is -2.54. The summed E-state index contributed by atoms with van der Waals surface area (Å²) in [5, 5.41) is 44.2. The van der Waals surface area contributed by atoms with E-state index in [4.69, 9.17) is 14.4 Å². The van der Waals surface area contributed by atoms with Gasteiger partial charge in [-0.15, -0.1) is 0 Å². The zero-order chi connectivity index (χ0) is 25.6. The van der Waals surface area contributed by atoms with Crippen molar-refractivity contribution in [2.75, 3.05) is 6.61 Å². The topological polar surface area (TPSA) is 160 Å². The zero-order valence-electron chi connectivity index (χ0n) is 20.1. The molecule has 10 nitrogen and oxygen atoms in total. The number of aliphatic hydroxyl groups is 3. The molecule has 0 amide bonds. The molecule has 34 heavy (non-hydrogen) atoms. The number of hydrogen-bond donors (Lipinski definition) is 4. The van der Waals surface area contributed by atoms with Crippen LogP contribution in [0.1, 0.15) is 41.5 Å². The molecule has 2 fully saturated rings. The van der Waals surface area contributed by atoms with Crippen LogP contribution in [0.4, 0.5) is 0 Å². The maximum absolute atomic E-state index is 13.1. The first-order valence-electron chi connectivity index (χ1n) is 11.3. The van der Waals surface area contributed by atoms with Crippen molar-refractivity contribution < 1.29 is 49.3 Å². The van der Waals surface area contributed by atoms with E-state index in [-0.39, 0.29) is 11.1 Å². The lowest BCUT2D eigenvalue weighted by molar-refractivity contribution is -0.313. The predicted octanol–water partition coefficient (Wildman–Crippen LogP) is 0.540. The third-order valence-electron chi connectivity index (χ3n) is 8.77. The highest BCUT2D eigenvalue weighted by Gasteiger charge is 2.89. The van der Waals surface area contributed by atoms with Gasteiger partial charge in [-0.2, -0.15) is 0 Å². The van der Waals surface area contributed by atoms with Crippen LogP contribution >= 0.6 is 0 Å². The highest BCUT2D eigenvalue weighted by Crippen LogP contribution is 2.77. The van der Waals surface area contributed by atoms with Gasteiger partial charge in [0.25, 0.3) is 0 Å². The van der Waals surface area contributed by atoms with Gasteiger partial charge in [-0.3, -0.25) is 19.6 Å². The first-order chi connectivity index (χ1) is 15.7. The summed E-state index contributed by atoms with van der Waals surface area (Å²) >= 11 is 0. The van der Waals surface area contributed by atoms with E-state index in [2.05, 4.69) is 0 Å². The van der Waals surface area contributed by atoms with Gasteiger partial charge in [-0.1, -0.05) is 26.8 Å². The SMILES string of the molecule is CC(=O)O[C@@H]1[C@@H](C)[C@@]2(O)[C@H]([C@@H]3C(C)(C)[C@]13OC(C)=O)[C@@H](OO)C(CO)=C[C@]1(O)C(=O)C(C)=C[C@@H]21. The van der Waals surface area contributed by atoms with Crippen molar-refractivity contribution >= 4 is 17.7 Å². The maximum Gasteiger partial charge on any atom is 0.303 e. The summed E-state index contributed by atoms with van der Waals surface area (Å²) in [4.78, 5) is 42.2. The van der Waals surface area contributed by atoms with Gasteiger partial charge in [0, 0.05) is 42.9 Å². The number of carbonyl (C=O) groups is 3. The smallest absolute Gasteiger partial charge is 0.303 e. The van der Waals surface area contributed by atoms with E-state index in [9.17, 15) is 35.0 Å². The normalized spacial score (nSPS) is 46.2. The Morgan fingerprint density at radius 2 is 1.76 bits per heavy atom. The Bertz CT molecular complexity index is 1010. The molecule has 0 aromatic heterocycles. The molecule has 0 aromatic carbocycles. The summed E-state index contributed by atoms with van der Waals surface area (Å²) in [6.07, 6.45) is 0.143. The van der Waals surface area contributed by atoms with E-state index < -0.39 is 82.4 Å². The van der Waals surface area contributed by atoms with Gasteiger partial charge in [0.2, 0.25) is 0 Å². The first kappa shape index (κ1) is 25.0. The number of rotatable bonds is 4. The van der Waals surface area contributed by atoms with Crippen LogP contribution in [-0.4, -0.2) is 73.9 Å². The highest BCUT2D eigenvalue weighted by molar-refractivity contribution is 6.06. The Morgan fingerprint density at radius 3 is 2.26 bits per heavy atom. The van der Waals surface area contributed by atoms with Gasteiger partial charge in [0.1, 0.15) is 12.2 Å². The fraction of sp³-hybridized carbons (Fsp3) is 0.708. The van der Waals surface area contributed by atoms with Crippen LogP contribution in [0.25, 0.3) is 0 Å². The number of hydrogen-bond acceptors (Lipinski definition) is 10. The van der Waals surface area contributed by atoms with Crippen LogP contribution in [0.15, 0.2) is 23.3 Å². The molecule has 0 aliphatic heterocycles. The van der Waals surface area contributed by atoms with Gasteiger partial charge >= 0.3 is 11.9 Å². The fourth-order valence-corrected chi connectivity index (χ4v) is 7.42. The predicted molar refractivity (Wildman–Crippen MR) is 115 cm³/mol. The number of ketones is 1. The minimum Gasteiger partial charge on any atom is -0.458 e. The average molecular weight is 481 g/mol. The molecule has 0 unspecified atom stereocenters. The Morgan fingerprint density at radius 1 is 1.15 bits per heavy atom. The lowest BCUT2D eigenvalue weighted by atomic mass is 9.58. The quantitative estimate of drug-likeness (QED) is 0.193. The van der Waals surface area contributed by atoms with Crippen molar-refractivity contribution in [3.05, 3.63) is 23.3 Å². The standard InChI is InChI=1S/C24H32O10/c1-10-7-15-22(29,19(10)28)8-14(9-25)17(34-31)16-18-21(5,6)24(18,33-13(4)27)20(32-12(3)26)11(2)23(15,16)30/h7-8,11,15-18,20,25,29-31H,9H2,1-6H3/t11-,15-,16+,17+,18-,20-,22-,23+,24-/m1/s1. The second-order valence-electron chi connectivity index (χ2n) is 10.7. The molecule has 4 aliphatic rings. The molecule has 0 heterocycles. The average Bonchev–Trinajstić information content (AvgIpc) is 3.15. The van der Waals surface area contributed by atoms with Crippen molar-refractivity contribution in [2.45, 2.75) is 70.6 Å².